The molecule has 0 aliphatic carbocycles. The van der Waals surface area contributed by atoms with Crippen LogP contribution in [0.4, 0.5) is 0 Å². The molecule has 0 saturated carbocycles. The van der Waals surface area contributed by atoms with Crippen molar-refractivity contribution in [2.75, 3.05) is 13.2 Å². The third kappa shape index (κ3) is 4.92. The maximum Gasteiger partial charge on any atom is 0.0431 e. The molecule has 1 atom stereocenters. The van der Waals surface area contributed by atoms with Gasteiger partial charge in [0, 0.05) is 31.6 Å². The highest BCUT2D eigenvalue weighted by atomic mass is 16.2. The first-order valence-electron chi connectivity index (χ1n) is 6.81. The number of hydrogen-bond acceptors (Lipinski definition) is 2. The van der Waals surface area contributed by atoms with Crippen LogP contribution in [0.2, 0.25) is 0 Å². The molecule has 1 heterocycles. The normalized spacial score (nSPS) is 12.9. The number of aliphatic hydroxyl groups is 1. The molecule has 0 spiro atoms. The Morgan fingerprint density at radius 1 is 1.29 bits per heavy atom. The van der Waals surface area contributed by atoms with Crippen molar-refractivity contribution in [3.05, 3.63) is 24.0 Å². The van der Waals surface area contributed by atoms with Crippen molar-refractivity contribution in [2.24, 2.45) is 0 Å². The van der Waals surface area contributed by atoms with Crippen LogP contribution in [0, 0.1) is 0 Å². The van der Waals surface area contributed by atoms with Crippen molar-refractivity contribution >= 4 is 0 Å². The van der Waals surface area contributed by atoms with Gasteiger partial charge in [-0.05, 0) is 43.9 Å². The number of unbranched alkanes of at least 4 members (excludes halogenated alkanes) is 2. The van der Waals surface area contributed by atoms with Gasteiger partial charge < -0.3 is 15.0 Å². The average Bonchev–Trinajstić information content (AvgIpc) is 2.80. The van der Waals surface area contributed by atoms with Crippen LogP contribution in [0.15, 0.2) is 18.5 Å². The van der Waals surface area contributed by atoms with Crippen LogP contribution in [0.1, 0.15) is 51.1 Å². The van der Waals surface area contributed by atoms with Crippen molar-refractivity contribution in [1.29, 1.82) is 0 Å². The van der Waals surface area contributed by atoms with Crippen LogP contribution in [0.5, 0.6) is 0 Å². The maximum absolute atomic E-state index is 8.72. The fourth-order valence-corrected chi connectivity index (χ4v) is 2.13. The molecule has 0 amide bonds. The van der Waals surface area contributed by atoms with Crippen LogP contribution in [0.3, 0.4) is 0 Å². The van der Waals surface area contributed by atoms with Gasteiger partial charge in [-0.15, -0.1) is 0 Å². The Labute approximate surface area is 105 Å². The van der Waals surface area contributed by atoms with E-state index in [0.29, 0.717) is 12.6 Å². The van der Waals surface area contributed by atoms with Gasteiger partial charge in [0.1, 0.15) is 0 Å². The second kappa shape index (κ2) is 8.31. The summed E-state index contributed by atoms with van der Waals surface area (Å²) < 4.78 is 2.26. The van der Waals surface area contributed by atoms with Gasteiger partial charge in [-0.3, -0.25) is 0 Å². The van der Waals surface area contributed by atoms with Crippen LogP contribution in [-0.4, -0.2) is 22.8 Å². The predicted molar refractivity (Wildman–Crippen MR) is 72.1 cm³/mol. The Morgan fingerprint density at radius 3 is 2.76 bits per heavy atom. The van der Waals surface area contributed by atoms with E-state index in [-0.39, 0.29) is 0 Å². The molecule has 3 nitrogen and oxygen atoms in total. The molecule has 0 aliphatic heterocycles. The Kier molecular flexibility index (Phi) is 6.97. The van der Waals surface area contributed by atoms with Gasteiger partial charge in [0.25, 0.3) is 0 Å². The molecular formula is C14H26N2O. The van der Waals surface area contributed by atoms with E-state index in [0.717, 1.165) is 38.8 Å². The molecule has 1 rings (SSSR count). The van der Waals surface area contributed by atoms with Gasteiger partial charge in [0.2, 0.25) is 0 Å². The van der Waals surface area contributed by atoms with Crippen molar-refractivity contribution < 1.29 is 5.11 Å². The molecule has 1 unspecified atom stereocenters. The summed E-state index contributed by atoms with van der Waals surface area (Å²) in [6.45, 7) is 6.75. The van der Waals surface area contributed by atoms with Gasteiger partial charge >= 0.3 is 0 Å². The Morgan fingerprint density at radius 2 is 2.12 bits per heavy atom. The minimum atomic E-state index is 0.315. The molecule has 98 valence electrons. The lowest BCUT2D eigenvalue weighted by atomic mass is 10.1. The molecule has 1 aromatic rings. The second-order valence-electron chi connectivity index (χ2n) is 4.49. The second-order valence-corrected chi connectivity index (χ2v) is 4.49. The standard InChI is InChI=1S/C14H26N2O/c1-3-14(15-4-2)13-8-10-16(12-13)9-6-5-7-11-17/h8,10,12,14-15,17H,3-7,9,11H2,1-2H3. The van der Waals surface area contributed by atoms with Crippen molar-refractivity contribution in [3.8, 4) is 0 Å². The molecular weight excluding hydrogens is 212 g/mol. The van der Waals surface area contributed by atoms with Gasteiger partial charge in [0.05, 0.1) is 0 Å². The highest BCUT2D eigenvalue weighted by molar-refractivity contribution is 5.15. The largest absolute Gasteiger partial charge is 0.396 e. The van der Waals surface area contributed by atoms with Crippen LogP contribution in [-0.2, 0) is 6.54 Å². The van der Waals surface area contributed by atoms with Crippen molar-refractivity contribution in [3.63, 3.8) is 0 Å². The zero-order valence-corrected chi connectivity index (χ0v) is 11.2. The number of aromatic nitrogens is 1. The summed E-state index contributed by atoms with van der Waals surface area (Å²) in [6, 6.07) is 2.70. The summed E-state index contributed by atoms with van der Waals surface area (Å²) in [5.74, 6) is 0. The highest BCUT2D eigenvalue weighted by Crippen LogP contribution is 2.17. The molecule has 0 aliphatic rings. The van der Waals surface area contributed by atoms with Gasteiger partial charge in [-0.1, -0.05) is 13.8 Å². The summed E-state index contributed by atoms with van der Waals surface area (Å²) in [5.41, 5.74) is 1.39. The Balaban J connectivity index is 2.40. The molecule has 0 radical (unpaired) electrons. The topological polar surface area (TPSA) is 37.2 Å². The minimum Gasteiger partial charge on any atom is -0.396 e. The first kappa shape index (κ1) is 14.3. The van der Waals surface area contributed by atoms with Gasteiger partial charge in [-0.25, -0.2) is 0 Å². The number of hydrogen-bond donors (Lipinski definition) is 2. The molecule has 2 N–H and O–H groups in total. The van der Waals surface area contributed by atoms with Crippen LogP contribution < -0.4 is 5.32 Å². The van der Waals surface area contributed by atoms with Gasteiger partial charge in [0.15, 0.2) is 0 Å². The van der Waals surface area contributed by atoms with Crippen molar-refractivity contribution in [1.82, 2.24) is 9.88 Å². The number of nitrogens with one attached hydrogen (secondary N) is 1. The number of aliphatic hydroxyl groups excluding tert-OH is 1. The summed E-state index contributed by atoms with van der Waals surface area (Å²) >= 11 is 0. The third-order valence-corrected chi connectivity index (χ3v) is 3.11. The zero-order valence-electron chi connectivity index (χ0n) is 11.2. The monoisotopic (exact) mass is 238 g/mol. The summed E-state index contributed by atoms with van der Waals surface area (Å²) in [4.78, 5) is 0. The lowest BCUT2D eigenvalue weighted by Gasteiger charge is -2.13. The molecule has 1 aromatic heterocycles. The van der Waals surface area contributed by atoms with E-state index in [2.05, 4.69) is 42.2 Å². The number of rotatable bonds is 9. The van der Waals surface area contributed by atoms with E-state index in [1.165, 1.54) is 5.56 Å². The van der Waals surface area contributed by atoms with E-state index >= 15 is 0 Å². The maximum atomic E-state index is 8.72. The SMILES string of the molecule is CCNC(CC)c1ccn(CCCCCO)c1. The molecule has 3 heteroatoms. The van der Waals surface area contributed by atoms with Crippen LogP contribution >= 0.6 is 0 Å². The molecule has 0 bridgehead atoms. The summed E-state index contributed by atoms with van der Waals surface area (Å²) in [7, 11) is 0. The quantitative estimate of drug-likeness (QED) is 0.649. The lowest BCUT2D eigenvalue weighted by molar-refractivity contribution is 0.282. The zero-order chi connectivity index (χ0) is 12.5. The first-order chi connectivity index (χ1) is 8.31. The highest BCUT2D eigenvalue weighted by Gasteiger charge is 2.08. The lowest BCUT2D eigenvalue weighted by Crippen LogP contribution is -2.19. The Bertz CT molecular complexity index is 296. The Hall–Kier alpha value is -0.800. The van der Waals surface area contributed by atoms with Gasteiger partial charge in [-0.2, -0.15) is 0 Å². The fraction of sp³-hybridized carbons (Fsp3) is 0.714. The molecule has 0 fully saturated rings. The van der Waals surface area contributed by atoms with E-state index in [1.807, 2.05) is 0 Å². The number of nitrogens with zero attached hydrogens (tertiary/aromatic N) is 1. The number of aryl methyl sites for hydroxylation is 1. The van der Waals surface area contributed by atoms with E-state index < -0.39 is 0 Å². The third-order valence-electron chi connectivity index (χ3n) is 3.11. The first-order valence-corrected chi connectivity index (χ1v) is 6.81. The predicted octanol–water partition coefficient (Wildman–Crippen LogP) is 2.71. The summed E-state index contributed by atoms with van der Waals surface area (Å²) in [5, 5.41) is 12.2. The summed E-state index contributed by atoms with van der Waals surface area (Å²) in [6.07, 6.45) is 8.70. The molecule has 17 heavy (non-hydrogen) atoms. The average molecular weight is 238 g/mol. The molecule has 0 saturated heterocycles. The smallest absolute Gasteiger partial charge is 0.0431 e. The van der Waals surface area contributed by atoms with E-state index in [4.69, 9.17) is 5.11 Å². The fourth-order valence-electron chi connectivity index (χ4n) is 2.13. The van der Waals surface area contributed by atoms with E-state index in [9.17, 15) is 0 Å². The van der Waals surface area contributed by atoms with E-state index in [1.54, 1.807) is 0 Å². The van der Waals surface area contributed by atoms with Crippen molar-refractivity contribution in [2.45, 2.75) is 52.1 Å². The molecule has 0 aromatic carbocycles. The minimum absolute atomic E-state index is 0.315. The van der Waals surface area contributed by atoms with Crippen LogP contribution in [0.25, 0.3) is 0 Å².